The van der Waals surface area contributed by atoms with Crippen molar-refractivity contribution in [1.29, 1.82) is 0 Å². The van der Waals surface area contributed by atoms with E-state index in [4.69, 9.17) is 19.9 Å². The fourth-order valence-corrected chi connectivity index (χ4v) is 16.0. The Labute approximate surface area is 680 Å². The lowest BCUT2D eigenvalue weighted by molar-refractivity contribution is 0.589. The first-order valence-corrected chi connectivity index (χ1v) is 39.7. The van der Waals surface area contributed by atoms with Crippen molar-refractivity contribution < 1.29 is 0 Å². The molecule has 6 aromatic heterocycles. The predicted octanol–water partition coefficient (Wildman–Crippen LogP) is 29.0. The molecule has 6 heterocycles. The summed E-state index contributed by atoms with van der Waals surface area (Å²) in [5.74, 6) is 0. The van der Waals surface area contributed by atoms with Crippen molar-refractivity contribution >= 4 is 0 Å². The van der Waals surface area contributed by atoms with Crippen LogP contribution in [0.25, 0.3) is 190 Å². The summed E-state index contributed by atoms with van der Waals surface area (Å²) in [4.78, 5) is 29.4. The van der Waals surface area contributed by atoms with Crippen molar-refractivity contribution in [1.82, 2.24) is 29.9 Å². The minimum absolute atomic E-state index is 0.00272. The molecule has 0 aliphatic heterocycles. The molecule has 0 amide bonds. The highest BCUT2D eigenvalue weighted by Gasteiger charge is 2.23. The third kappa shape index (κ3) is 15.3. The first kappa shape index (κ1) is 73.0. The molecule has 0 saturated carbocycles. The van der Waals surface area contributed by atoms with Crippen LogP contribution in [0.4, 0.5) is 0 Å². The standard InChI is InChI=1S/C110H84N6/c1-109(2,3)89-57-61-113-107(69-89)79-49-41-75(42-50-79)93-25-9-15-31-99(93)85-64-86(100-32-16-10-26-94(100)76-43-51-80(52-44-76)108-70-90(58-62-114-108)110(4,5)6)68-88(67-85)102-34-18-12-28-96(102)82-54-56-106(116-72-82)105-55-53-81(71-115-105)95-27-11-17-33-101(95)87-65-83(97-29-13-7-23-91(97)73-37-45-77(46-38-73)103-35-19-21-59-111-103)63-84(66-87)98-30-14-8-24-92(98)74-39-47-78(48-40-74)104-36-20-22-60-112-104/h7-72H,1-6H3. The molecule has 0 bridgehead atoms. The van der Waals surface area contributed by atoms with E-state index in [1.54, 1.807) is 0 Å². The molecule has 18 rings (SSSR count). The van der Waals surface area contributed by atoms with Crippen molar-refractivity contribution in [2.24, 2.45) is 0 Å². The van der Waals surface area contributed by atoms with Crippen LogP contribution < -0.4 is 0 Å². The van der Waals surface area contributed by atoms with Gasteiger partial charge in [0, 0.05) is 70.6 Å². The Balaban J connectivity index is 0.689. The van der Waals surface area contributed by atoms with Gasteiger partial charge < -0.3 is 0 Å². The highest BCUT2D eigenvalue weighted by Crippen LogP contribution is 2.47. The number of nitrogens with zero attached hydrogens (tertiary/aromatic N) is 6. The topological polar surface area (TPSA) is 77.3 Å². The van der Waals surface area contributed by atoms with E-state index in [2.05, 4.69) is 391 Å². The smallest absolute Gasteiger partial charge is 0.0886 e. The minimum Gasteiger partial charge on any atom is -0.256 e. The minimum atomic E-state index is 0.00272. The van der Waals surface area contributed by atoms with Gasteiger partial charge in [-0.15, -0.1) is 0 Å². The average molecular weight is 1490 g/mol. The Hall–Kier alpha value is -14.5. The van der Waals surface area contributed by atoms with Crippen LogP contribution in [0.2, 0.25) is 0 Å². The molecule has 0 saturated heterocycles. The summed E-state index contributed by atoms with van der Waals surface area (Å²) in [5, 5.41) is 0. The Kier molecular flexibility index (Phi) is 19.9. The summed E-state index contributed by atoms with van der Waals surface area (Å²) in [5.41, 5.74) is 38.7. The zero-order chi connectivity index (χ0) is 78.7. The molecule has 0 N–H and O–H groups in total. The van der Waals surface area contributed by atoms with E-state index in [9.17, 15) is 0 Å². The third-order valence-electron chi connectivity index (χ3n) is 22.3. The van der Waals surface area contributed by atoms with Crippen molar-refractivity contribution in [3.63, 3.8) is 0 Å². The summed E-state index contributed by atoms with van der Waals surface area (Å²) in [6.45, 7) is 13.5. The van der Waals surface area contributed by atoms with Gasteiger partial charge in [0.2, 0.25) is 0 Å². The molecule has 0 atom stereocenters. The quantitative estimate of drug-likeness (QED) is 0.0904. The van der Waals surface area contributed by atoms with Crippen molar-refractivity contribution in [2.45, 2.75) is 52.4 Å². The maximum atomic E-state index is 5.22. The fourth-order valence-electron chi connectivity index (χ4n) is 16.0. The first-order valence-electron chi connectivity index (χ1n) is 39.7. The number of hydrogen-bond acceptors (Lipinski definition) is 6. The lowest BCUT2D eigenvalue weighted by Crippen LogP contribution is -2.11. The monoisotopic (exact) mass is 1490 g/mol. The number of aromatic nitrogens is 6. The zero-order valence-electron chi connectivity index (χ0n) is 65.8. The van der Waals surface area contributed by atoms with Gasteiger partial charge >= 0.3 is 0 Å². The van der Waals surface area contributed by atoms with Gasteiger partial charge in [-0.1, -0.05) is 308 Å². The molecule has 0 aliphatic rings. The number of benzene rings is 12. The second-order valence-electron chi connectivity index (χ2n) is 31.8. The SMILES string of the molecule is CC(C)(C)c1ccnc(-c2ccc(-c3ccccc3-c3cc(-c4ccccc4-c4ccc(-c5cc(C(C)(C)C)ccn5)cc4)cc(-c4ccccc4-c4ccc(-c5ccc(-c6ccccc6-c6cc(-c7ccccc7-c7ccc(-c8ccccn8)cc7)cc(-c7ccccc7-c7ccc(-c8ccccn8)cc7)c6)cn5)nc4)c3)cc2)c1. The Morgan fingerprint density at radius 1 is 0.147 bits per heavy atom. The average Bonchev–Trinajstić information content (AvgIpc) is 0.770. The van der Waals surface area contributed by atoms with Gasteiger partial charge in [-0.05, 0) is 241 Å². The summed E-state index contributed by atoms with van der Waals surface area (Å²) in [6, 6.07) is 131. The molecule has 6 nitrogen and oxygen atoms in total. The van der Waals surface area contributed by atoms with Crippen LogP contribution in [0, 0.1) is 0 Å². The number of rotatable bonds is 17. The van der Waals surface area contributed by atoms with Crippen LogP contribution in [-0.2, 0) is 10.8 Å². The van der Waals surface area contributed by atoms with Crippen molar-refractivity contribution in [3.8, 4) is 190 Å². The lowest BCUT2D eigenvalue weighted by atomic mass is 9.86. The third-order valence-corrected chi connectivity index (χ3v) is 22.3. The van der Waals surface area contributed by atoms with E-state index < -0.39 is 0 Å². The number of hydrogen-bond donors (Lipinski definition) is 0. The van der Waals surface area contributed by atoms with Crippen LogP contribution in [0.5, 0.6) is 0 Å². The Bertz CT molecular complexity index is 6270. The van der Waals surface area contributed by atoms with Crippen LogP contribution in [0.3, 0.4) is 0 Å². The van der Waals surface area contributed by atoms with Gasteiger partial charge in [-0.2, -0.15) is 0 Å². The zero-order valence-corrected chi connectivity index (χ0v) is 65.8. The maximum absolute atomic E-state index is 5.22. The molecule has 6 heteroatoms. The second-order valence-corrected chi connectivity index (χ2v) is 31.8. The molecule has 18 aromatic rings. The fraction of sp³-hybridized carbons (Fsp3) is 0.0727. The van der Waals surface area contributed by atoms with E-state index in [1.807, 2.05) is 61.4 Å². The van der Waals surface area contributed by atoms with E-state index >= 15 is 0 Å². The molecule has 0 unspecified atom stereocenters. The molecule has 554 valence electrons. The molecular weight excluding hydrogens is 1410 g/mol. The molecule has 0 fully saturated rings. The predicted molar refractivity (Wildman–Crippen MR) is 483 cm³/mol. The Morgan fingerprint density at radius 3 is 0.578 bits per heavy atom. The van der Waals surface area contributed by atoms with Crippen LogP contribution in [0.15, 0.2) is 401 Å². The highest BCUT2D eigenvalue weighted by molar-refractivity contribution is 5.97. The Morgan fingerprint density at radius 2 is 0.353 bits per heavy atom. The van der Waals surface area contributed by atoms with Gasteiger partial charge in [0.15, 0.2) is 0 Å². The van der Waals surface area contributed by atoms with Gasteiger partial charge in [0.25, 0.3) is 0 Å². The van der Waals surface area contributed by atoms with E-state index in [0.29, 0.717) is 0 Å². The maximum Gasteiger partial charge on any atom is 0.0886 e. The second kappa shape index (κ2) is 31.6. The molecule has 0 spiro atoms. The molecule has 116 heavy (non-hydrogen) atoms. The van der Waals surface area contributed by atoms with Gasteiger partial charge in [0.05, 0.1) is 34.2 Å². The first-order chi connectivity index (χ1) is 56.7. The normalized spacial score (nSPS) is 11.5. The largest absolute Gasteiger partial charge is 0.256 e. The van der Waals surface area contributed by atoms with Crippen LogP contribution in [-0.4, -0.2) is 29.9 Å². The van der Waals surface area contributed by atoms with Gasteiger partial charge in [-0.3, -0.25) is 29.9 Å². The van der Waals surface area contributed by atoms with Crippen molar-refractivity contribution in [3.05, 3.63) is 412 Å². The van der Waals surface area contributed by atoms with E-state index in [1.165, 1.54) is 11.1 Å². The van der Waals surface area contributed by atoms with Crippen LogP contribution >= 0.6 is 0 Å². The van der Waals surface area contributed by atoms with Gasteiger partial charge in [0.1, 0.15) is 0 Å². The van der Waals surface area contributed by atoms with Gasteiger partial charge in [-0.25, -0.2) is 0 Å². The summed E-state index contributed by atoms with van der Waals surface area (Å²) >= 11 is 0. The van der Waals surface area contributed by atoms with E-state index in [0.717, 1.165) is 190 Å². The van der Waals surface area contributed by atoms with Crippen molar-refractivity contribution in [2.75, 3.05) is 0 Å². The molecule has 0 aliphatic carbocycles. The van der Waals surface area contributed by atoms with Crippen LogP contribution in [0.1, 0.15) is 52.7 Å². The number of pyridine rings is 6. The summed E-state index contributed by atoms with van der Waals surface area (Å²) in [7, 11) is 0. The molecule has 0 radical (unpaired) electrons. The molecular formula is C110H84N6. The summed E-state index contributed by atoms with van der Waals surface area (Å²) < 4.78 is 0. The highest BCUT2D eigenvalue weighted by atomic mass is 14.8. The van der Waals surface area contributed by atoms with E-state index in [-0.39, 0.29) is 10.8 Å². The summed E-state index contributed by atoms with van der Waals surface area (Å²) in [6.07, 6.45) is 11.5. The molecule has 12 aromatic carbocycles. The lowest BCUT2D eigenvalue weighted by Gasteiger charge is -2.19.